The third kappa shape index (κ3) is 9.70. The summed E-state index contributed by atoms with van der Waals surface area (Å²) in [5.74, 6) is 1.28. The first-order chi connectivity index (χ1) is 13.9. The van der Waals surface area contributed by atoms with Crippen molar-refractivity contribution in [2.45, 2.75) is 19.4 Å². The first kappa shape index (κ1) is 26.5. The van der Waals surface area contributed by atoms with Crippen molar-refractivity contribution in [3.63, 3.8) is 0 Å². The van der Waals surface area contributed by atoms with Gasteiger partial charge in [-0.2, -0.15) is 0 Å². The Labute approximate surface area is 223 Å². The molecule has 0 saturated heterocycles. The Morgan fingerprint density at radius 1 is 0.759 bits per heavy atom. The van der Waals surface area contributed by atoms with E-state index >= 15 is 0 Å². The fourth-order valence-electron chi connectivity index (χ4n) is 1.85. The molecule has 0 N–H and O–H groups in total. The largest absolute Gasteiger partial charge is 0.491 e. The van der Waals surface area contributed by atoms with Crippen molar-refractivity contribution in [1.82, 2.24) is 0 Å². The minimum absolute atomic E-state index is 0.223. The first-order valence-corrected chi connectivity index (χ1v) is 14.5. The van der Waals surface area contributed by atoms with Crippen LogP contribution in [0.1, 0.15) is 0 Å². The number of halogens is 6. The van der Waals surface area contributed by atoms with Crippen LogP contribution in [-0.4, -0.2) is 33.5 Å². The summed E-state index contributed by atoms with van der Waals surface area (Å²) >= 11 is 28.8. The van der Waals surface area contributed by atoms with Gasteiger partial charge in [-0.1, -0.05) is 86.9 Å². The molecule has 2 rings (SSSR count). The lowest BCUT2D eigenvalue weighted by atomic mass is 10.3. The highest BCUT2D eigenvalue weighted by atomic mass is 79.9. The second-order valence-corrected chi connectivity index (χ2v) is 12.1. The molecule has 0 saturated carbocycles. The molecule has 29 heavy (non-hydrogen) atoms. The van der Waals surface area contributed by atoms with Crippen molar-refractivity contribution in [3.8, 4) is 11.5 Å². The Morgan fingerprint density at radius 3 is 1.52 bits per heavy atom. The van der Waals surface area contributed by atoms with Crippen molar-refractivity contribution < 1.29 is 13.1 Å². The van der Waals surface area contributed by atoms with E-state index in [0.717, 1.165) is 20.5 Å². The molecule has 0 spiro atoms. The van der Waals surface area contributed by atoms with Gasteiger partial charge in [-0.25, -0.2) is 3.63 Å². The third-order valence-electron chi connectivity index (χ3n) is 3.24. The van der Waals surface area contributed by atoms with E-state index in [0.29, 0.717) is 34.8 Å². The third-order valence-corrected chi connectivity index (χ3v) is 9.75. The van der Waals surface area contributed by atoms with E-state index in [1.807, 2.05) is 36.4 Å². The summed E-state index contributed by atoms with van der Waals surface area (Å²) in [6, 6.07) is 11.1. The van der Waals surface area contributed by atoms with Crippen LogP contribution in [-0.2, 0) is 3.63 Å². The zero-order valence-electron chi connectivity index (χ0n) is 14.8. The zero-order chi connectivity index (χ0) is 21.2. The lowest BCUT2D eigenvalue weighted by Gasteiger charge is -2.12. The average molecular weight is 735 g/mol. The van der Waals surface area contributed by atoms with Crippen molar-refractivity contribution in [1.29, 1.82) is 0 Å². The monoisotopic (exact) mass is 730 g/mol. The molecule has 0 bridgehead atoms. The molecule has 2 unspecified atom stereocenters. The van der Waals surface area contributed by atoms with Crippen LogP contribution >= 0.6 is 111 Å². The first-order valence-electron chi connectivity index (χ1n) is 8.19. The molecule has 0 aromatic heterocycles. The highest BCUT2D eigenvalue weighted by molar-refractivity contribution is 9.12. The molecule has 0 aliphatic heterocycles. The molecule has 2 atom stereocenters. The van der Waals surface area contributed by atoms with Gasteiger partial charge in [0, 0.05) is 44.5 Å². The summed E-state index contributed by atoms with van der Waals surface area (Å²) in [6.45, 7) is 1.05. The topological polar surface area (TPSA) is 27.7 Å². The molecule has 11 heteroatoms. The number of alkyl halides is 4. The molecule has 160 valence electrons. The Hall–Kier alpha value is 1.20. The van der Waals surface area contributed by atoms with Crippen LogP contribution in [0.3, 0.4) is 0 Å². The van der Waals surface area contributed by atoms with E-state index < -0.39 is 0 Å². The molecular formula is C18H16Br4Cl2O3S2. The molecule has 3 nitrogen and oxygen atoms in total. The summed E-state index contributed by atoms with van der Waals surface area (Å²) in [5.41, 5.74) is 0. The molecule has 2 aromatic carbocycles. The highest BCUT2D eigenvalue weighted by Gasteiger charge is 2.10. The van der Waals surface area contributed by atoms with Gasteiger partial charge in [0.1, 0.15) is 24.7 Å². The van der Waals surface area contributed by atoms with Gasteiger partial charge in [0.15, 0.2) is 0 Å². The standard InChI is InChI=1S/C18H16Br4Cl2O3S2/c19-7-11(21)9-25-17-3-1-13(5-15(17)23)28-27-29-14-2-4-18(16(24)6-14)26-10-12(22)8-20/h1-6,11-12H,7-10H2. The van der Waals surface area contributed by atoms with E-state index in [9.17, 15) is 0 Å². The molecular weight excluding hydrogens is 719 g/mol. The molecule has 2 aromatic rings. The minimum Gasteiger partial charge on any atom is -0.491 e. The van der Waals surface area contributed by atoms with Gasteiger partial charge in [-0.05, 0) is 36.4 Å². The Morgan fingerprint density at radius 2 is 1.17 bits per heavy atom. The SMILES string of the molecule is Clc1cc(SOSc2ccc(OCC(Br)CBr)c(Cl)c2)ccc1OCC(Br)CBr. The lowest BCUT2D eigenvalue weighted by Crippen LogP contribution is -2.12. The molecule has 0 heterocycles. The maximum atomic E-state index is 6.29. The number of ether oxygens (including phenoxy) is 2. The van der Waals surface area contributed by atoms with E-state index in [4.69, 9.17) is 36.3 Å². The van der Waals surface area contributed by atoms with Gasteiger partial charge in [-0.15, -0.1) is 0 Å². The van der Waals surface area contributed by atoms with Crippen LogP contribution in [0.2, 0.25) is 10.0 Å². The fourth-order valence-corrected chi connectivity index (χ4v) is 4.43. The Balaban J connectivity index is 1.83. The van der Waals surface area contributed by atoms with Crippen LogP contribution in [0.15, 0.2) is 46.2 Å². The quantitative estimate of drug-likeness (QED) is 0.161. The maximum absolute atomic E-state index is 6.29. The summed E-state index contributed by atoms with van der Waals surface area (Å²) in [5, 5.41) is 2.68. The predicted molar refractivity (Wildman–Crippen MR) is 140 cm³/mol. The van der Waals surface area contributed by atoms with Gasteiger partial charge in [0.25, 0.3) is 0 Å². The summed E-state index contributed by atoms with van der Waals surface area (Å²) < 4.78 is 17.0. The van der Waals surface area contributed by atoms with Gasteiger partial charge in [0.2, 0.25) is 0 Å². The minimum atomic E-state index is 0.223. The number of hydrogen-bond donors (Lipinski definition) is 0. The molecule has 0 fully saturated rings. The normalized spacial score (nSPS) is 13.2. The van der Waals surface area contributed by atoms with Crippen LogP contribution < -0.4 is 9.47 Å². The molecule has 0 radical (unpaired) electrons. The Kier molecular flexibility index (Phi) is 13.1. The van der Waals surface area contributed by atoms with Crippen LogP contribution in [0.25, 0.3) is 0 Å². The summed E-state index contributed by atoms with van der Waals surface area (Å²) in [6.07, 6.45) is 0. The van der Waals surface area contributed by atoms with Gasteiger partial charge < -0.3 is 9.47 Å². The number of benzene rings is 2. The van der Waals surface area contributed by atoms with Gasteiger partial charge in [-0.3, -0.25) is 0 Å². The van der Waals surface area contributed by atoms with E-state index in [1.165, 1.54) is 24.1 Å². The average Bonchev–Trinajstić information content (AvgIpc) is 2.72. The summed E-state index contributed by atoms with van der Waals surface area (Å²) in [4.78, 5) is 2.19. The van der Waals surface area contributed by atoms with Crippen molar-refractivity contribution in [2.75, 3.05) is 23.9 Å². The number of rotatable bonds is 12. The van der Waals surface area contributed by atoms with Gasteiger partial charge >= 0.3 is 0 Å². The Bertz CT molecular complexity index is 725. The van der Waals surface area contributed by atoms with E-state index in [2.05, 4.69) is 63.7 Å². The van der Waals surface area contributed by atoms with E-state index in [1.54, 1.807) is 0 Å². The van der Waals surface area contributed by atoms with E-state index in [-0.39, 0.29) is 9.65 Å². The second kappa shape index (κ2) is 14.4. The van der Waals surface area contributed by atoms with Crippen LogP contribution in [0.5, 0.6) is 11.5 Å². The molecule has 0 amide bonds. The van der Waals surface area contributed by atoms with Crippen LogP contribution in [0.4, 0.5) is 0 Å². The van der Waals surface area contributed by atoms with Gasteiger partial charge in [0.05, 0.1) is 19.7 Å². The fraction of sp³-hybridized carbons (Fsp3) is 0.333. The zero-order valence-corrected chi connectivity index (χ0v) is 24.2. The van der Waals surface area contributed by atoms with Crippen LogP contribution in [0, 0.1) is 0 Å². The smallest absolute Gasteiger partial charge is 0.138 e. The molecule has 0 aliphatic rings. The second-order valence-electron chi connectivity index (χ2n) is 5.54. The van der Waals surface area contributed by atoms with Crippen molar-refractivity contribution in [3.05, 3.63) is 46.4 Å². The number of hydrogen-bond acceptors (Lipinski definition) is 5. The lowest BCUT2D eigenvalue weighted by molar-refractivity contribution is 0.325. The highest BCUT2D eigenvalue weighted by Crippen LogP contribution is 2.36. The molecule has 0 aliphatic carbocycles. The van der Waals surface area contributed by atoms with Crippen molar-refractivity contribution in [2.24, 2.45) is 0 Å². The summed E-state index contributed by atoms with van der Waals surface area (Å²) in [7, 11) is 0. The van der Waals surface area contributed by atoms with Crippen molar-refractivity contribution >= 4 is 111 Å². The predicted octanol–water partition coefficient (Wildman–Crippen LogP) is 8.80. The maximum Gasteiger partial charge on any atom is 0.138 e.